The van der Waals surface area contributed by atoms with E-state index in [4.69, 9.17) is 0 Å². The second-order valence-corrected chi connectivity index (χ2v) is 5.91. The van der Waals surface area contributed by atoms with E-state index in [-0.39, 0.29) is 5.82 Å². The van der Waals surface area contributed by atoms with Gasteiger partial charge in [0.05, 0.1) is 0 Å². The van der Waals surface area contributed by atoms with Gasteiger partial charge in [-0.25, -0.2) is 4.39 Å². The molecular formula is C21H20FN. The van der Waals surface area contributed by atoms with Crippen molar-refractivity contribution in [2.24, 2.45) is 0 Å². The highest BCUT2D eigenvalue weighted by molar-refractivity contribution is 5.77. The van der Waals surface area contributed by atoms with Crippen LogP contribution in [0.5, 0.6) is 0 Å². The Balaban J connectivity index is 2.25. The van der Waals surface area contributed by atoms with Crippen LogP contribution < -0.4 is 0 Å². The van der Waals surface area contributed by atoms with Gasteiger partial charge in [-0.05, 0) is 35.7 Å². The molecule has 0 saturated heterocycles. The maximum absolute atomic E-state index is 13.2. The van der Waals surface area contributed by atoms with Gasteiger partial charge < -0.3 is 4.57 Å². The first-order valence-corrected chi connectivity index (χ1v) is 7.81. The lowest BCUT2D eigenvalue weighted by molar-refractivity contribution is 0.628. The van der Waals surface area contributed by atoms with Gasteiger partial charge in [0.1, 0.15) is 5.82 Å². The summed E-state index contributed by atoms with van der Waals surface area (Å²) in [5.74, 6) is 0.123. The first kappa shape index (κ1) is 15.3. The van der Waals surface area contributed by atoms with Crippen LogP contribution in [-0.4, -0.2) is 4.57 Å². The van der Waals surface area contributed by atoms with Crippen molar-refractivity contribution < 1.29 is 4.39 Å². The van der Waals surface area contributed by atoms with Crippen molar-refractivity contribution in [2.75, 3.05) is 0 Å². The lowest BCUT2D eigenvalue weighted by Gasteiger charge is -2.13. The van der Waals surface area contributed by atoms with Crippen LogP contribution in [0.25, 0.3) is 22.9 Å². The SMILES string of the molecule is C=Cc1c(-c2ccc(F)cc2)cn(-c2ccccc2)c1C(C)C. The maximum Gasteiger partial charge on any atom is 0.123 e. The first-order valence-electron chi connectivity index (χ1n) is 7.81. The molecule has 0 N–H and O–H groups in total. The Labute approximate surface area is 136 Å². The fraction of sp³-hybridized carbons (Fsp3) is 0.143. The topological polar surface area (TPSA) is 4.93 Å². The van der Waals surface area contributed by atoms with Crippen molar-refractivity contribution in [1.29, 1.82) is 0 Å². The fourth-order valence-electron chi connectivity index (χ4n) is 3.00. The molecule has 0 saturated carbocycles. The van der Waals surface area contributed by atoms with Gasteiger partial charge in [0.15, 0.2) is 0 Å². The van der Waals surface area contributed by atoms with Crippen LogP contribution in [0.3, 0.4) is 0 Å². The first-order chi connectivity index (χ1) is 11.1. The number of hydrogen-bond acceptors (Lipinski definition) is 0. The number of para-hydroxylation sites is 1. The van der Waals surface area contributed by atoms with E-state index in [2.05, 4.69) is 43.3 Å². The lowest BCUT2D eigenvalue weighted by Crippen LogP contribution is -2.01. The average molecular weight is 305 g/mol. The number of rotatable bonds is 4. The van der Waals surface area contributed by atoms with E-state index < -0.39 is 0 Å². The molecule has 0 bridgehead atoms. The molecule has 0 aliphatic carbocycles. The molecule has 0 spiro atoms. The number of hydrogen-bond donors (Lipinski definition) is 0. The molecule has 1 nitrogen and oxygen atoms in total. The van der Waals surface area contributed by atoms with Crippen molar-refractivity contribution >= 4 is 6.08 Å². The van der Waals surface area contributed by atoms with Gasteiger partial charge in [-0.15, -0.1) is 0 Å². The summed E-state index contributed by atoms with van der Waals surface area (Å²) in [6, 6.07) is 16.9. The number of benzene rings is 2. The molecule has 0 amide bonds. The third-order valence-corrected chi connectivity index (χ3v) is 4.02. The fourth-order valence-corrected chi connectivity index (χ4v) is 3.00. The highest BCUT2D eigenvalue weighted by Crippen LogP contribution is 2.35. The quantitative estimate of drug-likeness (QED) is 0.553. The minimum absolute atomic E-state index is 0.222. The molecule has 2 heteroatoms. The molecule has 1 aromatic heterocycles. The zero-order chi connectivity index (χ0) is 16.4. The summed E-state index contributed by atoms with van der Waals surface area (Å²) < 4.78 is 15.4. The van der Waals surface area contributed by atoms with Crippen molar-refractivity contribution in [3.05, 3.63) is 84.4 Å². The molecule has 3 rings (SSSR count). The molecule has 0 atom stereocenters. The van der Waals surface area contributed by atoms with Crippen LogP contribution in [0.1, 0.15) is 31.0 Å². The van der Waals surface area contributed by atoms with Gasteiger partial charge in [0, 0.05) is 28.7 Å². The highest BCUT2D eigenvalue weighted by atomic mass is 19.1. The molecule has 0 fully saturated rings. The van der Waals surface area contributed by atoms with Crippen LogP contribution >= 0.6 is 0 Å². The van der Waals surface area contributed by atoms with Gasteiger partial charge in [-0.2, -0.15) is 0 Å². The Morgan fingerprint density at radius 3 is 2.22 bits per heavy atom. The van der Waals surface area contributed by atoms with Gasteiger partial charge in [-0.1, -0.05) is 56.8 Å². The second-order valence-electron chi connectivity index (χ2n) is 5.91. The Hall–Kier alpha value is -2.61. The van der Waals surface area contributed by atoms with Gasteiger partial charge in [0.2, 0.25) is 0 Å². The van der Waals surface area contributed by atoms with Crippen molar-refractivity contribution in [2.45, 2.75) is 19.8 Å². The van der Waals surface area contributed by atoms with Crippen LogP contribution in [-0.2, 0) is 0 Å². The normalized spacial score (nSPS) is 11.0. The monoisotopic (exact) mass is 305 g/mol. The Morgan fingerprint density at radius 2 is 1.65 bits per heavy atom. The number of aromatic nitrogens is 1. The summed E-state index contributed by atoms with van der Waals surface area (Å²) in [5.41, 5.74) is 5.51. The van der Waals surface area contributed by atoms with Gasteiger partial charge in [0.25, 0.3) is 0 Å². The minimum Gasteiger partial charge on any atom is -0.319 e. The van der Waals surface area contributed by atoms with Crippen molar-refractivity contribution in [1.82, 2.24) is 4.57 Å². The van der Waals surface area contributed by atoms with E-state index in [1.54, 1.807) is 0 Å². The highest BCUT2D eigenvalue weighted by Gasteiger charge is 2.18. The van der Waals surface area contributed by atoms with Crippen LogP contribution in [0.4, 0.5) is 4.39 Å². The Bertz CT molecular complexity index is 811. The van der Waals surface area contributed by atoms with E-state index in [1.165, 1.54) is 17.8 Å². The molecule has 1 heterocycles. The molecule has 23 heavy (non-hydrogen) atoms. The second kappa shape index (κ2) is 6.25. The molecule has 0 radical (unpaired) electrons. The summed E-state index contributed by atoms with van der Waals surface area (Å²) in [7, 11) is 0. The molecule has 0 unspecified atom stereocenters. The van der Waals surface area contributed by atoms with Crippen LogP contribution in [0.2, 0.25) is 0 Å². The molecule has 0 aliphatic heterocycles. The van der Waals surface area contributed by atoms with E-state index in [0.717, 1.165) is 22.4 Å². The lowest BCUT2D eigenvalue weighted by atomic mass is 9.98. The van der Waals surface area contributed by atoms with E-state index in [1.807, 2.05) is 36.4 Å². The summed E-state index contributed by atoms with van der Waals surface area (Å²) in [4.78, 5) is 0. The zero-order valence-corrected chi connectivity index (χ0v) is 13.5. The Morgan fingerprint density at radius 1 is 1.00 bits per heavy atom. The van der Waals surface area contributed by atoms with Crippen molar-refractivity contribution in [3.8, 4) is 16.8 Å². The van der Waals surface area contributed by atoms with Crippen molar-refractivity contribution in [3.63, 3.8) is 0 Å². The van der Waals surface area contributed by atoms with Gasteiger partial charge >= 0.3 is 0 Å². The van der Waals surface area contributed by atoms with Crippen LogP contribution in [0.15, 0.2) is 67.4 Å². The Kier molecular flexibility index (Phi) is 4.16. The third-order valence-electron chi connectivity index (χ3n) is 4.02. The third kappa shape index (κ3) is 2.85. The van der Waals surface area contributed by atoms with Gasteiger partial charge in [-0.3, -0.25) is 0 Å². The van der Waals surface area contributed by atoms with E-state index in [0.29, 0.717) is 5.92 Å². The standard InChI is InChI=1S/C21H20FN/c1-4-19-20(16-10-12-17(22)13-11-16)14-23(21(19)15(2)3)18-8-6-5-7-9-18/h4-15H,1H2,2-3H3. The number of nitrogens with zero attached hydrogens (tertiary/aromatic N) is 1. The summed E-state index contributed by atoms with van der Waals surface area (Å²) in [6.07, 6.45) is 4.02. The minimum atomic E-state index is -0.222. The summed E-state index contributed by atoms with van der Waals surface area (Å²) in [5, 5.41) is 0. The predicted octanol–water partition coefficient (Wildman–Crippen LogP) is 6.05. The number of halogens is 1. The molecular weight excluding hydrogens is 285 g/mol. The predicted molar refractivity (Wildman–Crippen MR) is 95.3 cm³/mol. The molecule has 116 valence electrons. The molecule has 2 aromatic carbocycles. The zero-order valence-electron chi connectivity index (χ0n) is 13.5. The molecule has 0 aliphatic rings. The summed E-state index contributed by atoms with van der Waals surface area (Å²) >= 11 is 0. The average Bonchev–Trinajstić information content (AvgIpc) is 2.96. The largest absolute Gasteiger partial charge is 0.319 e. The van der Waals surface area contributed by atoms with Crippen LogP contribution in [0, 0.1) is 5.82 Å². The maximum atomic E-state index is 13.2. The van der Waals surface area contributed by atoms with E-state index in [9.17, 15) is 4.39 Å². The van der Waals surface area contributed by atoms with E-state index >= 15 is 0 Å². The summed E-state index contributed by atoms with van der Waals surface area (Å²) in [6.45, 7) is 8.35. The molecule has 3 aromatic rings. The smallest absolute Gasteiger partial charge is 0.123 e.